The standard InChI is InChI=1S/C17H17ClN2O2S/c1-11(21)13-8-16(23-10-13)17(22)20-6-5-19-15(9-20)12-3-2-4-14(18)7-12/h2-4,7-8,10,15,19H,5-6,9H2,1H3. The van der Waals surface area contributed by atoms with Gasteiger partial charge in [-0.3, -0.25) is 9.59 Å². The molecule has 1 aromatic heterocycles. The molecule has 4 nitrogen and oxygen atoms in total. The van der Waals surface area contributed by atoms with Gasteiger partial charge >= 0.3 is 0 Å². The molecule has 23 heavy (non-hydrogen) atoms. The van der Waals surface area contributed by atoms with E-state index in [2.05, 4.69) is 5.32 Å². The van der Waals surface area contributed by atoms with Crippen LogP contribution in [0.4, 0.5) is 0 Å². The van der Waals surface area contributed by atoms with Crippen LogP contribution in [0.15, 0.2) is 35.7 Å². The Morgan fingerprint density at radius 3 is 2.87 bits per heavy atom. The van der Waals surface area contributed by atoms with Crippen molar-refractivity contribution in [2.45, 2.75) is 13.0 Å². The molecule has 6 heteroatoms. The fourth-order valence-corrected chi connectivity index (χ4v) is 3.78. The molecule has 1 unspecified atom stereocenters. The first-order chi connectivity index (χ1) is 11.0. The van der Waals surface area contributed by atoms with Crippen molar-refractivity contribution < 1.29 is 9.59 Å². The average molecular weight is 349 g/mol. The van der Waals surface area contributed by atoms with Gasteiger partial charge in [0, 0.05) is 35.6 Å². The zero-order valence-corrected chi connectivity index (χ0v) is 14.3. The van der Waals surface area contributed by atoms with E-state index < -0.39 is 0 Å². The molecule has 2 aromatic rings. The van der Waals surface area contributed by atoms with E-state index >= 15 is 0 Å². The number of hydrogen-bond donors (Lipinski definition) is 1. The van der Waals surface area contributed by atoms with Gasteiger partial charge in [0.15, 0.2) is 5.78 Å². The lowest BCUT2D eigenvalue weighted by Crippen LogP contribution is -2.48. The van der Waals surface area contributed by atoms with Crippen molar-refractivity contribution in [2.75, 3.05) is 19.6 Å². The number of nitrogens with zero attached hydrogens (tertiary/aromatic N) is 1. The highest BCUT2D eigenvalue weighted by Crippen LogP contribution is 2.23. The van der Waals surface area contributed by atoms with E-state index in [9.17, 15) is 9.59 Å². The molecule has 1 aliphatic heterocycles. The summed E-state index contributed by atoms with van der Waals surface area (Å²) in [6.45, 7) is 3.49. The summed E-state index contributed by atoms with van der Waals surface area (Å²) in [5.74, 6) is -0.0338. The summed E-state index contributed by atoms with van der Waals surface area (Å²) in [6, 6.07) is 9.44. The minimum atomic E-state index is -0.0176. The lowest BCUT2D eigenvalue weighted by Gasteiger charge is -2.33. The summed E-state index contributed by atoms with van der Waals surface area (Å²) in [7, 11) is 0. The molecule has 1 aliphatic rings. The first kappa shape index (κ1) is 16.2. The van der Waals surface area contributed by atoms with Crippen molar-refractivity contribution in [3.63, 3.8) is 0 Å². The van der Waals surface area contributed by atoms with Gasteiger partial charge in [-0.25, -0.2) is 0 Å². The largest absolute Gasteiger partial charge is 0.335 e. The Bertz CT molecular complexity index is 744. The number of halogens is 1. The van der Waals surface area contributed by atoms with Gasteiger partial charge in [0.2, 0.25) is 0 Å². The van der Waals surface area contributed by atoms with E-state index in [0.29, 0.717) is 28.6 Å². The van der Waals surface area contributed by atoms with Gasteiger partial charge < -0.3 is 10.2 Å². The second-order valence-electron chi connectivity index (χ2n) is 5.57. The monoisotopic (exact) mass is 348 g/mol. The number of carbonyl (C=O) groups is 2. The molecule has 2 heterocycles. The van der Waals surface area contributed by atoms with E-state index in [1.165, 1.54) is 18.3 Å². The van der Waals surface area contributed by atoms with Crippen molar-refractivity contribution in [1.29, 1.82) is 0 Å². The molecule has 1 aromatic carbocycles. The summed E-state index contributed by atoms with van der Waals surface area (Å²) in [5.41, 5.74) is 1.67. The van der Waals surface area contributed by atoms with Crippen LogP contribution < -0.4 is 5.32 Å². The number of Topliss-reactive ketones (excluding diaryl/α,β-unsaturated/α-hetero) is 1. The van der Waals surface area contributed by atoms with Crippen LogP contribution in [0.25, 0.3) is 0 Å². The zero-order chi connectivity index (χ0) is 16.4. The normalized spacial score (nSPS) is 18.0. The van der Waals surface area contributed by atoms with Crippen molar-refractivity contribution in [3.8, 4) is 0 Å². The molecule has 0 saturated carbocycles. The molecule has 3 rings (SSSR count). The van der Waals surface area contributed by atoms with Gasteiger partial charge in [-0.2, -0.15) is 0 Å². The average Bonchev–Trinajstić information content (AvgIpc) is 3.04. The van der Waals surface area contributed by atoms with Crippen molar-refractivity contribution in [3.05, 3.63) is 56.7 Å². The molecule has 0 spiro atoms. The number of ketones is 1. The number of carbonyl (C=O) groups excluding carboxylic acids is 2. The lowest BCUT2D eigenvalue weighted by molar-refractivity contribution is 0.0708. The molecule has 120 valence electrons. The van der Waals surface area contributed by atoms with Crippen LogP contribution >= 0.6 is 22.9 Å². The fourth-order valence-electron chi connectivity index (χ4n) is 2.67. The minimum absolute atomic E-state index is 0.0163. The lowest BCUT2D eigenvalue weighted by atomic mass is 10.0. The minimum Gasteiger partial charge on any atom is -0.335 e. The molecule has 0 aliphatic carbocycles. The van der Waals surface area contributed by atoms with Gasteiger partial charge in [-0.1, -0.05) is 23.7 Å². The van der Waals surface area contributed by atoms with Gasteiger partial charge in [-0.15, -0.1) is 11.3 Å². The Hall–Kier alpha value is -1.69. The van der Waals surface area contributed by atoms with Crippen molar-refractivity contribution >= 4 is 34.6 Å². The Kier molecular flexibility index (Phi) is 4.80. The molecule has 1 amide bonds. The van der Waals surface area contributed by atoms with Crippen LogP contribution in [-0.4, -0.2) is 36.2 Å². The number of benzene rings is 1. The van der Waals surface area contributed by atoms with Crippen LogP contribution in [0.5, 0.6) is 0 Å². The maximum absolute atomic E-state index is 12.7. The summed E-state index contributed by atoms with van der Waals surface area (Å²) >= 11 is 7.38. The third-order valence-corrected chi connectivity index (χ3v) is 5.08. The number of thiophene rings is 1. The van der Waals surface area contributed by atoms with E-state index in [4.69, 9.17) is 11.6 Å². The predicted octanol–water partition coefficient (Wildman–Crippen LogP) is 3.39. The Labute approximate surface area is 144 Å². The third kappa shape index (κ3) is 3.63. The molecule has 1 saturated heterocycles. The number of hydrogen-bond acceptors (Lipinski definition) is 4. The van der Waals surface area contributed by atoms with Gasteiger partial charge in [0.1, 0.15) is 0 Å². The third-order valence-electron chi connectivity index (χ3n) is 3.93. The molecule has 0 radical (unpaired) electrons. The number of nitrogens with one attached hydrogen (secondary N) is 1. The molecule has 1 N–H and O–H groups in total. The first-order valence-corrected chi connectivity index (χ1v) is 8.68. The number of amides is 1. The summed E-state index contributed by atoms with van der Waals surface area (Å²) in [6.07, 6.45) is 0. The first-order valence-electron chi connectivity index (χ1n) is 7.42. The van der Waals surface area contributed by atoms with E-state index in [1.807, 2.05) is 29.2 Å². The highest BCUT2D eigenvalue weighted by Gasteiger charge is 2.26. The van der Waals surface area contributed by atoms with Crippen LogP contribution in [0, 0.1) is 0 Å². The zero-order valence-electron chi connectivity index (χ0n) is 12.7. The van der Waals surface area contributed by atoms with Crippen molar-refractivity contribution in [1.82, 2.24) is 10.2 Å². The maximum Gasteiger partial charge on any atom is 0.264 e. The summed E-state index contributed by atoms with van der Waals surface area (Å²) < 4.78 is 0. The Morgan fingerprint density at radius 2 is 2.17 bits per heavy atom. The second-order valence-corrected chi connectivity index (χ2v) is 6.92. The molecular weight excluding hydrogens is 332 g/mol. The van der Waals surface area contributed by atoms with Crippen LogP contribution in [-0.2, 0) is 0 Å². The predicted molar refractivity (Wildman–Crippen MR) is 92.4 cm³/mol. The van der Waals surface area contributed by atoms with Crippen LogP contribution in [0.3, 0.4) is 0 Å². The van der Waals surface area contributed by atoms with Crippen LogP contribution in [0.2, 0.25) is 5.02 Å². The van der Waals surface area contributed by atoms with Gasteiger partial charge in [0.25, 0.3) is 5.91 Å². The molecule has 1 fully saturated rings. The highest BCUT2D eigenvalue weighted by molar-refractivity contribution is 7.12. The second kappa shape index (κ2) is 6.83. The fraction of sp³-hybridized carbons (Fsp3) is 0.294. The Balaban J connectivity index is 1.75. The maximum atomic E-state index is 12.7. The number of rotatable bonds is 3. The smallest absolute Gasteiger partial charge is 0.264 e. The van der Waals surface area contributed by atoms with E-state index in [1.54, 1.807) is 11.4 Å². The molecule has 0 bridgehead atoms. The molecule has 1 atom stereocenters. The SMILES string of the molecule is CC(=O)c1csc(C(=O)N2CCNC(c3cccc(Cl)c3)C2)c1. The summed E-state index contributed by atoms with van der Waals surface area (Å²) in [5, 5.41) is 5.85. The quantitative estimate of drug-likeness (QED) is 0.865. The Morgan fingerprint density at radius 1 is 1.35 bits per heavy atom. The number of piperazine rings is 1. The molecular formula is C17H17ClN2O2S. The van der Waals surface area contributed by atoms with Crippen LogP contribution in [0.1, 0.15) is 38.6 Å². The van der Waals surface area contributed by atoms with Crippen molar-refractivity contribution in [2.24, 2.45) is 0 Å². The van der Waals surface area contributed by atoms with E-state index in [0.717, 1.165) is 12.1 Å². The van der Waals surface area contributed by atoms with Gasteiger partial charge in [0.05, 0.1) is 10.9 Å². The highest BCUT2D eigenvalue weighted by atomic mass is 35.5. The van der Waals surface area contributed by atoms with E-state index in [-0.39, 0.29) is 17.7 Å². The summed E-state index contributed by atoms with van der Waals surface area (Å²) in [4.78, 5) is 26.5. The topological polar surface area (TPSA) is 49.4 Å². The van der Waals surface area contributed by atoms with Gasteiger partial charge in [-0.05, 0) is 30.7 Å².